The molecule has 0 aromatic heterocycles. The lowest BCUT2D eigenvalue weighted by Crippen LogP contribution is -2.35. The molecule has 1 aliphatic rings. The number of sulfonamides is 1. The van der Waals surface area contributed by atoms with Crippen LogP contribution in [0.2, 0.25) is 0 Å². The standard InChI is InChI=1S/C26H36N2O5S/c1-5-23(20-9-12-24(32-3)19(2)17-20)27-26(29)14-10-21-18-22(11-13-25(21)33-4)34(30,31)28-15-7-6-8-16-28/h9,11-13,17-18,23H,5-8,10,14-16H2,1-4H3,(H,27,29)/t23-/m0/s1. The highest BCUT2D eigenvalue weighted by Gasteiger charge is 2.26. The van der Waals surface area contributed by atoms with Gasteiger partial charge in [-0.15, -0.1) is 0 Å². The second-order valence-corrected chi connectivity index (χ2v) is 10.6. The van der Waals surface area contributed by atoms with Gasteiger partial charge in [0.25, 0.3) is 0 Å². The molecule has 0 spiro atoms. The zero-order valence-corrected chi connectivity index (χ0v) is 21.4. The van der Waals surface area contributed by atoms with Crippen molar-refractivity contribution >= 4 is 15.9 Å². The van der Waals surface area contributed by atoms with Gasteiger partial charge in [0.2, 0.25) is 15.9 Å². The molecule has 0 bridgehead atoms. The molecule has 7 nitrogen and oxygen atoms in total. The Bertz CT molecular complexity index is 1090. The number of methoxy groups -OCH3 is 2. The Morgan fingerprint density at radius 2 is 1.71 bits per heavy atom. The van der Waals surface area contributed by atoms with E-state index in [-0.39, 0.29) is 23.3 Å². The molecular weight excluding hydrogens is 452 g/mol. The SMILES string of the molecule is CC[C@H](NC(=O)CCc1cc(S(=O)(=O)N2CCCCC2)ccc1OC)c1ccc(OC)c(C)c1. The van der Waals surface area contributed by atoms with Gasteiger partial charge in [-0.3, -0.25) is 4.79 Å². The van der Waals surface area contributed by atoms with Gasteiger partial charge >= 0.3 is 0 Å². The molecule has 1 N–H and O–H groups in total. The van der Waals surface area contributed by atoms with Crippen molar-refractivity contribution in [1.82, 2.24) is 9.62 Å². The highest BCUT2D eigenvalue weighted by molar-refractivity contribution is 7.89. The van der Waals surface area contributed by atoms with E-state index in [1.165, 1.54) is 0 Å². The first-order valence-electron chi connectivity index (χ1n) is 11.9. The van der Waals surface area contributed by atoms with Crippen LogP contribution in [0.25, 0.3) is 0 Å². The van der Waals surface area contributed by atoms with E-state index in [0.717, 1.165) is 42.6 Å². The summed E-state index contributed by atoms with van der Waals surface area (Å²) in [6.45, 7) is 5.11. The fourth-order valence-electron chi connectivity index (χ4n) is 4.42. The van der Waals surface area contributed by atoms with Crippen LogP contribution in [0.4, 0.5) is 0 Å². The third-order valence-corrected chi connectivity index (χ3v) is 8.29. The highest BCUT2D eigenvalue weighted by Crippen LogP contribution is 2.28. The summed E-state index contributed by atoms with van der Waals surface area (Å²) in [7, 11) is -0.357. The first-order valence-corrected chi connectivity index (χ1v) is 13.3. The number of piperidine rings is 1. The molecule has 1 saturated heterocycles. The Balaban J connectivity index is 1.70. The quantitative estimate of drug-likeness (QED) is 0.536. The predicted octanol–water partition coefficient (Wildman–Crippen LogP) is 4.39. The average molecular weight is 489 g/mol. The number of nitrogens with zero attached hydrogens (tertiary/aromatic N) is 1. The van der Waals surface area contributed by atoms with Gasteiger partial charge in [0.15, 0.2) is 0 Å². The topological polar surface area (TPSA) is 84.9 Å². The summed E-state index contributed by atoms with van der Waals surface area (Å²) < 4.78 is 38.5. The second-order valence-electron chi connectivity index (χ2n) is 8.70. The maximum Gasteiger partial charge on any atom is 0.243 e. The first-order chi connectivity index (χ1) is 16.3. The van der Waals surface area contributed by atoms with Crippen LogP contribution in [0.3, 0.4) is 0 Å². The Labute approximate surface area is 203 Å². The fourth-order valence-corrected chi connectivity index (χ4v) is 5.99. The van der Waals surface area contributed by atoms with E-state index in [9.17, 15) is 13.2 Å². The normalized spacial score (nSPS) is 15.5. The van der Waals surface area contributed by atoms with Gasteiger partial charge < -0.3 is 14.8 Å². The van der Waals surface area contributed by atoms with Gasteiger partial charge in [0.05, 0.1) is 25.2 Å². The maximum absolute atomic E-state index is 13.1. The third-order valence-electron chi connectivity index (χ3n) is 6.39. The van der Waals surface area contributed by atoms with Crippen LogP contribution in [0.1, 0.15) is 61.8 Å². The van der Waals surface area contributed by atoms with E-state index in [1.54, 1.807) is 36.7 Å². The van der Waals surface area contributed by atoms with Crippen LogP contribution in [0.15, 0.2) is 41.3 Å². The number of hydrogen-bond acceptors (Lipinski definition) is 5. The molecule has 0 aliphatic carbocycles. The Morgan fingerprint density at radius 3 is 2.32 bits per heavy atom. The summed E-state index contributed by atoms with van der Waals surface area (Å²) in [6, 6.07) is 10.7. The molecular formula is C26H36N2O5S. The lowest BCUT2D eigenvalue weighted by Gasteiger charge is -2.26. The zero-order chi connectivity index (χ0) is 24.7. The number of benzene rings is 2. The second kappa shape index (κ2) is 11.7. The fraction of sp³-hybridized carbons (Fsp3) is 0.500. The number of ether oxygens (including phenoxy) is 2. The molecule has 1 atom stereocenters. The third kappa shape index (κ3) is 6.10. The van der Waals surface area contributed by atoms with Crippen molar-refractivity contribution in [3.8, 4) is 11.5 Å². The summed E-state index contributed by atoms with van der Waals surface area (Å²) in [5, 5.41) is 3.10. The number of aryl methyl sites for hydroxylation is 2. The van der Waals surface area contributed by atoms with Crippen molar-refractivity contribution in [2.75, 3.05) is 27.3 Å². The summed E-state index contributed by atoms with van der Waals surface area (Å²) in [5.41, 5.74) is 2.76. The van der Waals surface area contributed by atoms with Crippen LogP contribution in [-0.2, 0) is 21.2 Å². The molecule has 3 rings (SSSR count). The molecule has 2 aromatic carbocycles. The molecule has 34 heavy (non-hydrogen) atoms. The van der Waals surface area contributed by atoms with Crippen LogP contribution in [0, 0.1) is 6.92 Å². The summed E-state index contributed by atoms with van der Waals surface area (Å²) in [6.07, 6.45) is 4.20. The van der Waals surface area contributed by atoms with Crippen molar-refractivity contribution in [1.29, 1.82) is 0 Å². The average Bonchev–Trinajstić information content (AvgIpc) is 2.86. The number of rotatable bonds is 10. The summed E-state index contributed by atoms with van der Waals surface area (Å²) in [5.74, 6) is 1.31. The maximum atomic E-state index is 13.1. The number of hydrogen-bond donors (Lipinski definition) is 1. The van der Waals surface area contributed by atoms with E-state index < -0.39 is 10.0 Å². The van der Waals surface area contributed by atoms with Crippen LogP contribution >= 0.6 is 0 Å². The lowest BCUT2D eigenvalue weighted by atomic mass is 10.0. The van der Waals surface area contributed by atoms with Gasteiger partial charge in [0.1, 0.15) is 11.5 Å². The van der Waals surface area contributed by atoms with Crippen molar-refractivity contribution in [3.05, 3.63) is 53.1 Å². The first kappa shape index (κ1) is 26.0. The van der Waals surface area contributed by atoms with Gasteiger partial charge in [-0.25, -0.2) is 8.42 Å². The zero-order valence-electron chi connectivity index (χ0n) is 20.6. The Kier molecular flexibility index (Phi) is 8.97. The Hall–Kier alpha value is -2.58. The van der Waals surface area contributed by atoms with Crippen molar-refractivity contribution in [2.45, 2.75) is 63.3 Å². The van der Waals surface area contributed by atoms with Crippen LogP contribution in [-0.4, -0.2) is 45.9 Å². The molecule has 2 aromatic rings. The summed E-state index contributed by atoms with van der Waals surface area (Å²) >= 11 is 0. The van der Waals surface area contributed by atoms with Crippen molar-refractivity contribution in [3.63, 3.8) is 0 Å². The number of nitrogens with one attached hydrogen (secondary N) is 1. The molecule has 186 valence electrons. The number of carbonyl (C=O) groups is 1. The minimum absolute atomic E-state index is 0.0911. The number of carbonyl (C=O) groups excluding carboxylic acids is 1. The molecule has 0 unspecified atom stereocenters. The van der Waals surface area contributed by atoms with E-state index in [0.29, 0.717) is 30.8 Å². The van der Waals surface area contributed by atoms with E-state index in [1.807, 2.05) is 32.0 Å². The van der Waals surface area contributed by atoms with Gasteiger partial charge in [-0.2, -0.15) is 4.31 Å². The molecule has 1 heterocycles. The largest absolute Gasteiger partial charge is 0.496 e. The van der Waals surface area contributed by atoms with E-state index in [4.69, 9.17) is 9.47 Å². The predicted molar refractivity (Wildman–Crippen MR) is 133 cm³/mol. The number of amides is 1. The molecule has 1 fully saturated rings. The minimum atomic E-state index is -3.55. The molecule has 0 saturated carbocycles. The van der Waals surface area contributed by atoms with Gasteiger partial charge in [-0.05, 0) is 73.6 Å². The molecule has 1 aliphatic heterocycles. The smallest absolute Gasteiger partial charge is 0.243 e. The van der Waals surface area contributed by atoms with Gasteiger partial charge in [0, 0.05) is 19.5 Å². The van der Waals surface area contributed by atoms with E-state index >= 15 is 0 Å². The summed E-state index contributed by atoms with van der Waals surface area (Å²) in [4.78, 5) is 13.0. The highest BCUT2D eigenvalue weighted by atomic mass is 32.2. The molecule has 8 heteroatoms. The van der Waals surface area contributed by atoms with Gasteiger partial charge in [-0.1, -0.05) is 25.5 Å². The molecule has 0 radical (unpaired) electrons. The van der Waals surface area contributed by atoms with Crippen LogP contribution < -0.4 is 14.8 Å². The van der Waals surface area contributed by atoms with Crippen molar-refractivity contribution in [2.24, 2.45) is 0 Å². The Morgan fingerprint density at radius 1 is 1.03 bits per heavy atom. The van der Waals surface area contributed by atoms with Crippen LogP contribution in [0.5, 0.6) is 11.5 Å². The van der Waals surface area contributed by atoms with E-state index in [2.05, 4.69) is 5.32 Å². The minimum Gasteiger partial charge on any atom is -0.496 e. The molecule has 1 amide bonds. The lowest BCUT2D eigenvalue weighted by molar-refractivity contribution is -0.121. The monoisotopic (exact) mass is 488 g/mol. The van der Waals surface area contributed by atoms with Crippen molar-refractivity contribution < 1.29 is 22.7 Å².